The van der Waals surface area contributed by atoms with E-state index in [4.69, 9.17) is 0 Å². The fourth-order valence-electron chi connectivity index (χ4n) is 1.66. The molecule has 0 amide bonds. The molecule has 0 fully saturated rings. The van der Waals surface area contributed by atoms with E-state index in [1.807, 2.05) is 19.9 Å². The van der Waals surface area contributed by atoms with Crippen molar-refractivity contribution in [1.82, 2.24) is 0 Å². The fraction of sp³-hybridized carbons (Fsp3) is 0.231. The van der Waals surface area contributed by atoms with Crippen LogP contribution in [0.15, 0.2) is 18.2 Å². The molecule has 0 bridgehead atoms. The molecule has 18 heavy (non-hydrogen) atoms. The van der Waals surface area contributed by atoms with Crippen molar-refractivity contribution in [3.8, 4) is 0 Å². The third kappa shape index (κ3) is 2.47. The lowest BCUT2D eigenvalue weighted by molar-refractivity contribution is 0.528. The van der Waals surface area contributed by atoms with Crippen molar-refractivity contribution in [2.75, 3.05) is 0 Å². The topological polar surface area (TPSA) is 0 Å². The van der Waals surface area contributed by atoms with Crippen LogP contribution >= 0.6 is 27.3 Å². The van der Waals surface area contributed by atoms with Gasteiger partial charge in [0.05, 0.1) is 4.83 Å². The van der Waals surface area contributed by atoms with Crippen LogP contribution in [0.2, 0.25) is 0 Å². The van der Waals surface area contributed by atoms with E-state index in [1.165, 1.54) is 11.3 Å². The molecule has 1 heterocycles. The summed E-state index contributed by atoms with van der Waals surface area (Å²) < 4.78 is 40.1. The lowest BCUT2D eigenvalue weighted by Gasteiger charge is -2.10. The molecule has 0 N–H and O–H groups in total. The Morgan fingerprint density at radius 3 is 2.06 bits per heavy atom. The average Bonchev–Trinajstić information content (AvgIpc) is 2.57. The highest BCUT2D eigenvalue weighted by atomic mass is 79.9. The number of aryl methyl sites for hydroxylation is 2. The summed E-state index contributed by atoms with van der Waals surface area (Å²) >= 11 is 4.74. The van der Waals surface area contributed by atoms with Crippen LogP contribution in [0.5, 0.6) is 0 Å². The summed E-state index contributed by atoms with van der Waals surface area (Å²) in [5.41, 5.74) is 0.917. The number of hydrogen-bond donors (Lipinski definition) is 0. The van der Waals surface area contributed by atoms with E-state index < -0.39 is 22.3 Å². The van der Waals surface area contributed by atoms with E-state index in [1.54, 1.807) is 0 Å². The molecular formula is C13H10BrF3S. The summed E-state index contributed by atoms with van der Waals surface area (Å²) in [5.74, 6) is -2.66. The highest BCUT2D eigenvalue weighted by Crippen LogP contribution is 2.39. The zero-order chi connectivity index (χ0) is 13.4. The second kappa shape index (κ2) is 5.05. The minimum atomic E-state index is -0.910. The number of benzene rings is 1. The Morgan fingerprint density at radius 2 is 1.61 bits per heavy atom. The summed E-state index contributed by atoms with van der Waals surface area (Å²) in [5, 5.41) is 0. The molecule has 0 saturated heterocycles. The quantitative estimate of drug-likeness (QED) is 0.656. The van der Waals surface area contributed by atoms with Gasteiger partial charge in [0, 0.05) is 27.5 Å². The Kier molecular flexibility index (Phi) is 3.82. The van der Waals surface area contributed by atoms with Gasteiger partial charge in [-0.3, -0.25) is 0 Å². The largest absolute Gasteiger partial charge is 0.207 e. The average molecular weight is 335 g/mol. The van der Waals surface area contributed by atoms with E-state index in [2.05, 4.69) is 15.9 Å². The number of rotatable bonds is 2. The molecule has 2 aromatic rings. The molecule has 0 aliphatic heterocycles. The molecule has 2 rings (SSSR count). The lowest BCUT2D eigenvalue weighted by Crippen LogP contribution is -2.00. The first kappa shape index (κ1) is 13.6. The first-order chi connectivity index (χ1) is 8.40. The third-order valence-electron chi connectivity index (χ3n) is 2.73. The van der Waals surface area contributed by atoms with Gasteiger partial charge < -0.3 is 0 Å². The van der Waals surface area contributed by atoms with Crippen LogP contribution < -0.4 is 0 Å². The molecule has 0 aliphatic rings. The van der Waals surface area contributed by atoms with Gasteiger partial charge >= 0.3 is 0 Å². The van der Waals surface area contributed by atoms with Crippen LogP contribution in [-0.4, -0.2) is 0 Å². The van der Waals surface area contributed by atoms with Gasteiger partial charge in [-0.05, 0) is 25.5 Å². The van der Waals surface area contributed by atoms with Crippen molar-refractivity contribution < 1.29 is 13.2 Å². The van der Waals surface area contributed by atoms with Crippen molar-refractivity contribution >= 4 is 27.3 Å². The van der Waals surface area contributed by atoms with Crippen LogP contribution in [-0.2, 0) is 0 Å². The summed E-state index contributed by atoms with van der Waals surface area (Å²) in [4.78, 5) is 1.29. The lowest BCUT2D eigenvalue weighted by atomic mass is 10.1. The second-order valence-corrected chi connectivity index (χ2v) is 6.24. The minimum Gasteiger partial charge on any atom is -0.207 e. The van der Waals surface area contributed by atoms with Crippen molar-refractivity contribution in [3.05, 3.63) is 56.5 Å². The van der Waals surface area contributed by atoms with Gasteiger partial charge in [-0.15, -0.1) is 11.3 Å². The van der Waals surface area contributed by atoms with Gasteiger partial charge in [-0.2, -0.15) is 0 Å². The minimum absolute atomic E-state index is 0.155. The molecule has 0 saturated carbocycles. The van der Waals surface area contributed by atoms with Gasteiger partial charge in [-0.25, -0.2) is 13.2 Å². The van der Waals surface area contributed by atoms with Gasteiger partial charge in [0.1, 0.15) is 17.5 Å². The predicted molar refractivity (Wildman–Crippen MR) is 70.9 cm³/mol. The molecule has 0 spiro atoms. The van der Waals surface area contributed by atoms with Crippen LogP contribution in [0.1, 0.15) is 25.7 Å². The molecule has 1 aromatic heterocycles. The molecule has 5 heteroatoms. The van der Waals surface area contributed by atoms with E-state index in [0.29, 0.717) is 12.1 Å². The van der Waals surface area contributed by atoms with E-state index in [9.17, 15) is 13.2 Å². The van der Waals surface area contributed by atoms with Crippen LogP contribution in [0.25, 0.3) is 0 Å². The Balaban J connectivity index is 2.49. The number of thiophene rings is 1. The summed E-state index contributed by atoms with van der Waals surface area (Å²) in [6.45, 7) is 3.88. The molecule has 1 unspecified atom stereocenters. The zero-order valence-corrected chi connectivity index (χ0v) is 12.1. The third-order valence-corrected chi connectivity index (χ3v) is 5.20. The zero-order valence-electron chi connectivity index (χ0n) is 9.73. The van der Waals surface area contributed by atoms with Crippen molar-refractivity contribution in [2.45, 2.75) is 18.7 Å². The Labute approximate surface area is 116 Å². The summed E-state index contributed by atoms with van der Waals surface area (Å²) in [7, 11) is 0. The molecular weight excluding hydrogens is 325 g/mol. The number of hydrogen-bond acceptors (Lipinski definition) is 1. The molecule has 1 atom stereocenters. The maximum Gasteiger partial charge on any atom is 0.133 e. The molecule has 0 aliphatic carbocycles. The molecule has 1 aromatic carbocycles. The predicted octanol–water partition coefficient (Wildman–Crippen LogP) is 5.27. The first-order valence-electron chi connectivity index (χ1n) is 5.25. The Bertz CT molecular complexity index is 549. The Hall–Kier alpha value is -0.810. The van der Waals surface area contributed by atoms with Crippen LogP contribution in [0.4, 0.5) is 13.2 Å². The smallest absolute Gasteiger partial charge is 0.133 e. The SMILES string of the molecule is Cc1cc(C(Br)c2c(F)cc(F)cc2F)sc1C. The van der Waals surface area contributed by atoms with Crippen LogP contribution in [0.3, 0.4) is 0 Å². The Morgan fingerprint density at radius 1 is 1.06 bits per heavy atom. The van der Waals surface area contributed by atoms with Crippen molar-refractivity contribution in [1.29, 1.82) is 0 Å². The van der Waals surface area contributed by atoms with Crippen molar-refractivity contribution in [2.24, 2.45) is 0 Å². The standard InChI is InChI=1S/C13H10BrF3S/c1-6-3-11(18-7(6)2)13(14)12-9(16)4-8(15)5-10(12)17/h3-5,13H,1-2H3. The number of alkyl halides is 1. The monoisotopic (exact) mass is 334 g/mol. The maximum atomic E-state index is 13.6. The molecule has 96 valence electrons. The summed E-state index contributed by atoms with van der Waals surface area (Å²) in [6, 6.07) is 3.27. The van der Waals surface area contributed by atoms with Gasteiger partial charge in [0.2, 0.25) is 0 Å². The summed E-state index contributed by atoms with van der Waals surface area (Å²) in [6.07, 6.45) is 0. The van der Waals surface area contributed by atoms with Gasteiger partial charge in [0.25, 0.3) is 0 Å². The maximum absolute atomic E-state index is 13.6. The first-order valence-corrected chi connectivity index (χ1v) is 6.98. The highest BCUT2D eigenvalue weighted by Gasteiger charge is 2.22. The van der Waals surface area contributed by atoms with Crippen LogP contribution in [0, 0.1) is 31.3 Å². The second-order valence-electron chi connectivity index (χ2n) is 4.03. The van der Waals surface area contributed by atoms with E-state index >= 15 is 0 Å². The fourth-order valence-corrected chi connectivity index (χ4v) is 3.54. The molecule has 0 radical (unpaired) electrons. The van der Waals surface area contributed by atoms with E-state index in [0.717, 1.165) is 15.3 Å². The van der Waals surface area contributed by atoms with Crippen molar-refractivity contribution in [3.63, 3.8) is 0 Å². The number of halogens is 4. The van der Waals surface area contributed by atoms with Gasteiger partial charge in [0.15, 0.2) is 0 Å². The molecule has 0 nitrogen and oxygen atoms in total. The van der Waals surface area contributed by atoms with E-state index in [-0.39, 0.29) is 5.56 Å². The normalized spacial score (nSPS) is 12.8. The van der Waals surface area contributed by atoms with Gasteiger partial charge in [-0.1, -0.05) is 15.9 Å². The highest BCUT2D eigenvalue weighted by molar-refractivity contribution is 9.09.